The van der Waals surface area contributed by atoms with Gasteiger partial charge in [0.25, 0.3) is 0 Å². The first-order valence-electron chi connectivity index (χ1n) is 7.94. The highest BCUT2D eigenvalue weighted by Gasteiger charge is 2.54. The Labute approximate surface area is 136 Å². The van der Waals surface area contributed by atoms with Crippen molar-refractivity contribution in [1.29, 1.82) is 0 Å². The van der Waals surface area contributed by atoms with Crippen LogP contribution in [-0.2, 0) is 15.7 Å². The van der Waals surface area contributed by atoms with Crippen LogP contribution in [0, 0.1) is 0 Å². The molecule has 2 bridgehead atoms. The number of nitrogens with zero attached hydrogens (tertiary/aromatic N) is 2. The number of hydrogen-bond acceptors (Lipinski definition) is 3. The SMILES string of the molecule is CC(C)(C)OC(=O)N1C2CCC1(C=NS(=O)C(C)(C)C)CC2. The molecule has 6 heteroatoms. The van der Waals surface area contributed by atoms with Gasteiger partial charge in [-0.15, -0.1) is 0 Å². The van der Waals surface area contributed by atoms with Crippen molar-refractivity contribution >= 4 is 23.3 Å². The highest BCUT2D eigenvalue weighted by atomic mass is 32.2. The lowest BCUT2D eigenvalue weighted by molar-refractivity contribution is 0.0175. The van der Waals surface area contributed by atoms with Gasteiger partial charge in [0.1, 0.15) is 16.6 Å². The van der Waals surface area contributed by atoms with Gasteiger partial charge in [-0.1, -0.05) is 0 Å². The normalized spacial score (nSPS) is 30.1. The van der Waals surface area contributed by atoms with Crippen molar-refractivity contribution < 1.29 is 13.7 Å². The summed E-state index contributed by atoms with van der Waals surface area (Å²) in [4.78, 5) is 14.4. The quantitative estimate of drug-likeness (QED) is 0.729. The number of carbonyl (C=O) groups excluding carboxylic acids is 1. The van der Waals surface area contributed by atoms with Crippen molar-refractivity contribution in [2.24, 2.45) is 4.40 Å². The Hall–Kier alpha value is -0.910. The van der Waals surface area contributed by atoms with Gasteiger partial charge in [-0.3, -0.25) is 4.90 Å². The zero-order valence-corrected chi connectivity index (χ0v) is 15.3. The van der Waals surface area contributed by atoms with E-state index in [1.54, 1.807) is 6.21 Å². The average molecular weight is 328 g/mol. The topological polar surface area (TPSA) is 59.0 Å². The number of rotatable bonds is 2. The average Bonchev–Trinajstić information content (AvgIpc) is 2.88. The fourth-order valence-electron chi connectivity index (χ4n) is 3.10. The Morgan fingerprint density at radius 1 is 1.23 bits per heavy atom. The van der Waals surface area contributed by atoms with Gasteiger partial charge >= 0.3 is 6.09 Å². The summed E-state index contributed by atoms with van der Waals surface area (Å²) in [5.74, 6) is 0. The first kappa shape index (κ1) is 17.4. The van der Waals surface area contributed by atoms with Gasteiger partial charge in [-0.2, -0.15) is 4.40 Å². The molecule has 0 aromatic heterocycles. The molecule has 1 amide bonds. The number of fused-ring (bicyclic) bond motifs is 2. The van der Waals surface area contributed by atoms with Crippen LogP contribution in [0.4, 0.5) is 4.79 Å². The van der Waals surface area contributed by atoms with Crippen LogP contribution in [0.3, 0.4) is 0 Å². The third kappa shape index (κ3) is 3.53. The molecule has 2 fully saturated rings. The van der Waals surface area contributed by atoms with E-state index in [0.717, 1.165) is 25.7 Å². The molecule has 0 radical (unpaired) electrons. The van der Waals surface area contributed by atoms with Crippen LogP contribution >= 0.6 is 0 Å². The van der Waals surface area contributed by atoms with E-state index in [1.807, 2.05) is 46.4 Å². The molecule has 0 aliphatic carbocycles. The van der Waals surface area contributed by atoms with Crippen LogP contribution in [0.1, 0.15) is 67.2 Å². The zero-order valence-electron chi connectivity index (χ0n) is 14.5. The third-order valence-electron chi connectivity index (χ3n) is 4.17. The van der Waals surface area contributed by atoms with Crippen LogP contribution in [0.5, 0.6) is 0 Å². The first-order valence-corrected chi connectivity index (χ1v) is 9.05. The minimum atomic E-state index is -1.30. The van der Waals surface area contributed by atoms with Crippen LogP contribution in [-0.4, -0.2) is 43.3 Å². The van der Waals surface area contributed by atoms with E-state index in [1.165, 1.54) is 0 Å². The molecule has 2 heterocycles. The maximum atomic E-state index is 12.5. The molecule has 1 unspecified atom stereocenters. The molecule has 0 saturated carbocycles. The highest BCUT2D eigenvalue weighted by molar-refractivity contribution is 7.85. The second-order valence-corrected chi connectivity index (χ2v) is 10.2. The molecule has 0 aromatic rings. The van der Waals surface area contributed by atoms with E-state index >= 15 is 0 Å². The summed E-state index contributed by atoms with van der Waals surface area (Å²) in [5.41, 5.74) is -0.917. The molecule has 1 atom stereocenters. The molecule has 126 valence electrons. The van der Waals surface area contributed by atoms with E-state index in [2.05, 4.69) is 4.40 Å². The summed E-state index contributed by atoms with van der Waals surface area (Å²) in [6.45, 7) is 11.3. The number of hydrogen-bond donors (Lipinski definition) is 0. The summed E-state index contributed by atoms with van der Waals surface area (Å²) in [7, 11) is -1.30. The smallest absolute Gasteiger partial charge is 0.411 e. The fourth-order valence-corrected chi connectivity index (χ4v) is 3.71. The predicted molar refractivity (Wildman–Crippen MR) is 89.4 cm³/mol. The molecule has 0 aromatic carbocycles. The van der Waals surface area contributed by atoms with Crippen LogP contribution < -0.4 is 0 Å². The molecule has 5 nitrogen and oxygen atoms in total. The van der Waals surface area contributed by atoms with Crippen molar-refractivity contribution in [2.45, 2.75) is 89.2 Å². The maximum Gasteiger partial charge on any atom is 0.411 e. The Kier molecular flexibility index (Phi) is 4.46. The second-order valence-electron chi connectivity index (χ2n) is 8.28. The summed E-state index contributed by atoms with van der Waals surface area (Å²) >= 11 is 0. The molecular weight excluding hydrogens is 300 g/mol. The first-order chi connectivity index (χ1) is 9.95. The standard InChI is InChI=1S/C16H28N2O3S/c1-14(2,3)21-13(19)18-12-7-9-16(18,10-8-12)11-17-22(20)15(4,5)6/h11-12H,7-10H2,1-6H3. The Balaban J connectivity index is 2.19. The molecule has 2 rings (SSSR count). The number of carbonyl (C=O) groups is 1. The van der Waals surface area contributed by atoms with Crippen molar-refractivity contribution in [2.75, 3.05) is 0 Å². The molecule has 0 N–H and O–H groups in total. The third-order valence-corrected chi connectivity index (χ3v) is 5.51. The van der Waals surface area contributed by atoms with Crippen molar-refractivity contribution in [3.63, 3.8) is 0 Å². The second kappa shape index (κ2) is 5.62. The lowest BCUT2D eigenvalue weighted by Crippen LogP contribution is -2.48. The van der Waals surface area contributed by atoms with Gasteiger partial charge in [-0.05, 0) is 67.2 Å². The Morgan fingerprint density at radius 2 is 1.77 bits per heavy atom. The van der Waals surface area contributed by atoms with Crippen LogP contribution in [0.25, 0.3) is 0 Å². The van der Waals surface area contributed by atoms with Gasteiger partial charge in [0, 0.05) is 12.3 Å². The largest absolute Gasteiger partial charge is 0.444 e. The van der Waals surface area contributed by atoms with Crippen molar-refractivity contribution in [3.05, 3.63) is 0 Å². The Bertz CT molecular complexity index is 495. The minimum Gasteiger partial charge on any atom is -0.444 e. The fraction of sp³-hybridized carbons (Fsp3) is 0.875. The van der Waals surface area contributed by atoms with Gasteiger partial charge in [0.2, 0.25) is 0 Å². The maximum absolute atomic E-state index is 12.5. The molecule has 0 spiro atoms. The summed E-state index contributed by atoms with van der Waals surface area (Å²) in [5, 5.41) is 0. The minimum absolute atomic E-state index is 0.226. The zero-order chi connectivity index (χ0) is 16.8. The van der Waals surface area contributed by atoms with E-state index in [9.17, 15) is 9.00 Å². The number of ether oxygens (including phenoxy) is 1. The highest BCUT2D eigenvalue weighted by Crippen LogP contribution is 2.46. The molecular formula is C16H28N2O3S. The van der Waals surface area contributed by atoms with Gasteiger partial charge in [-0.25, -0.2) is 9.00 Å². The summed E-state index contributed by atoms with van der Waals surface area (Å²) in [6, 6.07) is 0.226. The van der Waals surface area contributed by atoms with Crippen molar-refractivity contribution in [3.8, 4) is 0 Å². The lowest BCUT2D eigenvalue weighted by atomic mass is 9.89. The van der Waals surface area contributed by atoms with Crippen LogP contribution in [0.15, 0.2) is 4.40 Å². The summed E-state index contributed by atoms with van der Waals surface area (Å²) < 4.78 is 21.6. The molecule has 2 aliphatic rings. The monoisotopic (exact) mass is 328 g/mol. The van der Waals surface area contributed by atoms with Crippen molar-refractivity contribution in [1.82, 2.24) is 4.90 Å². The number of amides is 1. The summed E-state index contributed by atoms with van der Waals surface area (Å²) in [6.07, 6.45) is 5.16. The lowest BCUT2D eigenvalue weighted by Gasteiger charge is -2.33. The molecule has 22 heavy (non-hydrogen) atoms. The van der Waals surface area contributed by atoms with E-state index in [0.29, 0.717) is 0 Å². The van der Waals surface area contributed by atoms with Crippen LogP contribution in [0.2, 0.25) is 0 Å². The molecule has 2 aliphatic heterocycles. The Morgan fingerprint density at radius 3 is 2.23 bits per heavy atom. The molecule has 2 saturated heterocycles. The van der Waals surface area contributed by atoms with Gasteiger partial charge < -0.3 is 4.74 Å². The predicted octanol–water partition coefficient (Wildman–Crippen LogP) is 3.45. The van der Waals surface area contributed by atoms with E-state index in [4.69, 9.17) is 4.74 Å². The van der Waals surface area contributed by atoms with Gasteiger partial charge in [0.15, 0.2) is 0 Å². The van der Waals surface area contributed by atoms with E-state index in [-0.39, 0.29) is 16.9 Å². The van der Waals surface area contributed by atoms with Gasteiger partial charge in [0.05, 0.1) is 10.3 Å². The van der Waals surface area contributed by atoms with E-state index < -0.39 is 22.1 Å².